The molecule has 0 spiro atoms. The molecule has 3 rings (SSSR count). The number of rotatable bonds is 5. The number of thiazole rings is 1. The van der Waals surface area contributed by atoms with E-state index in [1.165, 1.54) is 11.3 Å². The number of amides is 1. The molecule has 0 aliphatic heterocycles. The Kier molecular flexibility index (Phi) is 5.31. The third-order valence-electron chi connectivity index (χ3n) is 5.14. The van der Waals surface area contributed by atoms with E-state index in [4.69, 9.17) is 6.42 Å². The van der Waals surface area contributed by atoms with E-state index in [9.17, 15) is 4.79 Å². The maximum Gasteiger partial charge on any atom is 0.229 e. The fourth-order valence-electron chi connectivity index (χ4n) is 3.14. The van der Waals surface area contributed by atoms with Crippen LogP contribution in [0.3, 0.4) is 0 Å². The maximum atomic E-state index is 12.3. The molecular weight excluding hydrogens is 396 g/mol. The van der Waals surface area contributed by atoms with Crippen LogP contribution in [-0.2, 0) is 10.2 Å². The highest BCUT2D eigenvalue weighted by molar-refractivity contribution is 9.10. The molecule has 3 nitrogen and oxygen atoms in total. The average molecular weight is 417 g/mol. The number of terminal acetylenes is 1. The number of nitrogens with one attached hydrogen (secondary N) is 1. The molecule has 2 aromatic rings. The number of aromatic nitrogens is 1. The van der Waals surface area contributed by atoms with Gasteiger partial charge in [0.05, 0.1) is 11.1 Å². The van der Waals surface area contributed by atoms with Crippen molar-refractivity contribution in [2.24, 2.45) is 11.8 Å². The smallest absolute Gasteiger partial charge is 0.229 e. The summed E-state index contributed by atoms with van der Waals surface area (Å²) in [6.07, 6.45) is 8.97. The highest BCUT2D eigenvalue weighted by atomic mass is 79.9. The standard InChI is InChI=1S/C20H21BrN2OS/c1-4-13-10-14(11-13)18(24)23-19-22-17(12-25-19)20(3,5-2)15-6-8-16(21)9-7-15/h2,6-9,12-14H,4,10-11H2,1,3H3,(H,22,23,24). The molecule has 1 amide bonds. The average Bonchev–Trinajstić information content (AvgIpc) is 3.03. The van der Waals surface area contributed by atoms with Crippen LogP contribution in [0, 0.1) is 24.2 Å². The summed E-state index contributed by atoms with van der Waals surface area (Å²) in [4.78, 5) is 16.9. The van der Waals surface area contributed by atoms with Gasteiger partial charge in [-0.3, -0.25) is 4.79 Å². The van der Waals surface area contributed by atoms with Gasteiger partial charge in [-0.15, -0.1) is 17.8 Å². The van der Waals surface area contributed by atoms with Gasteiger partial charge in [0, 0.05) is 15.8 Å². The zero-order valence-corrected chi connectivity index (χ0v) is 16.8. The molecule has 1 aromatic heterocycles. The van der Waals surface area contributed by atoms with Crippen molar-refractivity contribution in [1.82, 2.24) is 4.98 Å². The van der Waals surface area contributed by atoms with Crippen LogP contribution in [0.4, 0.5) is 5.13 Å². The summed E-state index contributed by atoms with van der Waals surface area (Å²) in [6.45, 7) is 4.16. The van der Waals surface area contributed by atoms with Crippen LogP contribution in [0.5, 0.6) is 0 Å². The van der Waals surface area contributed by atoms with E-state index in [0.29, 0.717) is 11.0 Å². The number of hydrogen-bond acceptors (Lipinski definition) is 3. The fraction of sp³-hybridized carbons (Fsp3) is 0.400. The lowest BCUT2D eigenvalue weighted by molar-refractivity contribution is -0.123. The van der Waals surface area contributed by atoms with E-state index in [0.717, 1.165) is 35.0 Å². The van der Waals surface area contributed by atoms with Gasteiger partial charge in [0.15, 0.2) is 5.13 Å². The predicted molar refractivity (Wildman–Crippen MR) is 107 cm³/mol. The van der Waals surface area contributed by atoms with Gasteiger partial charge in [-0.05, 0) is 43.4 Å². The van der Waals surface area contributed by atoms with Crippen LogP contribution in [-0.4, -0.2) is 10.9 Å². The van der Waals surface area contributed by atoms with Crippen LogP contribution in [0.2, 0.25) is 0 Å². The van der Waals surface area contributed by atoms with Crippen molar-refractivity contribution in [2.75, 3.05) is 5.32 Å². The normalized spacial score (nSPS) is 21.7. The molecule has 5 heteroatoms. The minimum absolute atomic E-state index is 0.0802. The molecular formula is C20H21BrN2OS. The second-order valence-corrected chi connectivity index (χ2v) is 8.52. The molecule has 1 saturated carbocycles. The molecule has 1 aromatic carbocycles. The zero-order valence-electron chi connectivity index (χ0n) is 14.4. The molecule has 1 heterocycles. The SMILES string of the molecule is C#CC(C)(c1ccc(Br)cc1)c1csc(NC(=O)C2CC(CC)C2)n1. The molecule has 1 N–H and O–H groups in total. The van der Waals surface area contributed by atoms with Crippen LogP contribution < -0.4 is 5.32 Å². The Morgan fingerprint density at radius 2 is 2.12 bits per heavy atom. The number of anilines is 1. The lowest BCUT2D eigenvalue weighted by atomic mass is 9.73. The number of carbonyl (C=O) groups excluding carboxylic acids is 1. The topological polar surface area (TPSA) is 42.0 Å². The number of hydrogen-bond donors (Lipinski definition) is 1. The third kappa shape index (κ3) is 3.65. The summed E-state index contributed by atoms with van der Waals surface area (Å²) in [6, 6.07) is 7.95. The van der Waals surface area contributed by atoms with Gasteiger partial charge in [-0.1, -0.05) is 47.3 Å². The molecule has 1 unspecified atom stereocenters. The third-order valence-corrected chi connectivity index (χ3v) is 6.43. The van der Waals surface area contributed by atoms with Crippen LogP contribution in [0.25, 0.3) is 0 Å². The second kappa shape index (κ2) is 7.31. The van der Waals surface area contributed by atoms with Crippen molar-refractivity contribution >= 4 is 38.3 Å². The first-order valence-electron chi connectivity index (χ1n) is 8.47. The Labute approximate surface area is 161 Å². The minimum atomic E-state index is -0.621. The maximum absolute atomic E-state index is 12.3. The molecule has 1 fully saturated rings. The van der Waals surface area contributed by atoms with Gasteiger partial charge in [0.25, 0.3) is 0 Å². The monoisotopic (exact) mass is 416 g/mol. The van der Waals surface area contributed by atoms with E-state index in [2.05, 4.69) is 39.1 Å². The summed E-state index contributed by atoms with van der Waals surface area (Å²) in [5, 5.41) is 5.52. The molecule has 0 radical (unpaired) electrons. The Morgan fingerprint density at radius 1 is 1.44 bits per heavy atom. The highest BCUT2D eigenvalue weighted by Crippen LogP contribution is 2.37. The first-order chi connectivity index (χ1) is 12.0. The van der Waals surface area contributed by atoms with Crippen molar-refractivity contribution in [1.29, 1.82) is 0 Å². The Bertz CT molecular complexity index is 802. The van der Waals surface area contributed by atoms with Crippen LogP contribution in [0.15, 0.2) is 34.1 Å². The minimum Gasteiger partial charge on any atom is -0.302 e. The Morgan fingerprint density at radius 3 is 2.72 bits per heavy atom. The van der Waals surface area contributed by atoms with E-state index in [1.807, 2.05) is 36.6 Å². The predicted octanol–water partition coefficient (Wildman–Crippen LogP) is 5.22. The van der Waals surface area contributed by atoms with E-state index in [1.54, 1.807) is 0 Å². The highest BCUT2D eigenvalue weighted by Gasteiger charge is 2.34. The van der Waals surface area contributed by atoms with Crippen LogP contribution >= 0.6 is 27.3 Å². The summed E-state index contributed by atoms with van der Waals surface area (Å²) in [5.74, 6) is 3.78. The lowest BCUT2D eigenvalue weighted by Crippen LogP contribution is -2.34. The van der Waals surface area contributed by atoms with E-state index < -0.39 is 5.41 Å². The molecule has 25 heavy (non-hydrogen) atoms. The molecule has 130 valence electrons. The second-order valence-electron chi connectivity index (χ2n) is 6.75. The van der Waals surface area contributed by atoms with Gasteiger partial charge in [-0.25, -0.2) is 4.98 Å². The van der Waals surface area contributed by atoms with Crippen molar-refractivity contribution in [3.63, 3.8) is 0 Å². The largest absolute Gasteiger partial charge is 0.302 e. The van der Waals surface area contributed by atoms with E-state index >= 15 is 0 Å². The van der Waals surface area contributed by atoms with E-state index in [-0.39, 0.29) is 11.8 Å². The number of halogens is 1. The van der Waals surface area contributed by atoms with Gasteiger partial charge in [0.2, 0.25) is 5.91 Å². The number of nitrogens with zero attached hydrogens (tertiary/aromatic N) is 1. The summed E-state index contributed by atoms with van der Waals surface area (Å²) in [5.41, 5.74) is 1.17. The zero-order chi connectivity index (χ0) is 18.0. The molecule has 1 aliphatic carbocycles. The quantitative estimate of drug-likeness (QED) is 0.678. The molecule has 0 saturated heterocycles. The van der Waals surface area contributed by atoms with Gasteiger partial charge in [0.1, 0.15) is 0 Å². The first-order valence-corrected chi connectivity index (χ1v) is 10.1. The summed E-state index contributed by atoms with van der Waals surface area (Å²) >= 11 is 4.87. The van der Waals surface area contributed by atoms with Gasteiger partial charge in [-0.2, -0.15) is 0 Å². The van der Waals surface area contributed by atoms with Gasteiger partial charge < -0.3 is 5.32 Å². The van der Waals surface area contributed by atoms with Crippen molar-refractivity contribution in [3.8, 4) is 12.3 Å². The number of carbonyl (C=O) groups is 1. The lowest BCUT2D eigenvalue weighted by Gasteiger charge is -2.33. The van der Waals surface area contributed by atoms with Crippen molar-refractivity contribution < 1.29 is 4.79 Å². The summed E-state index contributed by atoms with van der Waals surface area (Å²) in [7, 11) is 0. The molecule has 0 bridgehead atoms. The van der Waals surface area contributed by atoms with Crippen LogP contribution in [0.1, 0.15) is 44.4 Å². The fourth-order valence-corrected chi connectivity index (χ4v) is 4.23. The molecule has 1 aliphatic rings. The number of benzene rings is 1. The Hall–Kier alpha value is -1.64. The van der Waals surface area contributed by atoms with Gasteiger partial charge >= 0.3 is 0 Å². The summed E-state index contributed by atoms with van der Waals surface area (Å²) < 4.78 is 1.01. The Balaban J connectivity index is 1.74. The van der Waals surface area contributed by atoms with Crippen molar-refractivity contribution in [3.05, 3.63) is 45.4 Å². The molecule has 1 atom stereocenters. The van der Waals surface area contributed by atoms with Crippen molar-refractivity contribution in [2.45, 2.75) is 38.5 Å². The first kappa shape index (κ1) is 18.2.